The average molecular weight is 600 g/mol. The van der Waals surface area contributed by atoms with Gasteiger partial charge in [0.2, 0.25) is 11.6 Å². The molecule has 1 amide bonds. The lowest BCUT2D eigenvalue weighted by Gasteiger charge is -2.45. The largest absolute Gasteiger partial charge is 0.481 e. The Bertz CT molecular complexity index is 1340. The van der Waals surface area contributed by atoms with Crippen molar-refractivity contribution in [2.45, 2.75) is 87.8 Å². The first-order chi connectivity index (χ1) is 19.5. The van der Waals surface area contributed by atoms with Gasteiger partial charge in [0.1, 0.15) is 0 Å². The molecule has 1 aliphatic heterocycles. The van der Waals surface area contributed by atoms with Crippen LogP contribution in [0, 0.1) is 11.8 Å². The average Bonchev–Trinajstić information content (AvgIpc) is 3.31. The predicted molar refractivity (Wildman–Crippen MR) is 139 cm³/mol. The summed E-state index contributed by atoms with van der Waals surface area (Å²) in [4.78, 5) is 26.9. The Hall–Kier alpha value is -3.11. The fraction of sp³-hybridized carbons (Fsp3) is 0.548. The highest BCUT2D eigenvalue weighted by Crippen LogP contribution is 2.51. The standard InChI is InChI=1S/C31H32F7NO3/c1-28(32,31(36,37)38)23-11-12-24-21(16-23)8-13-25-29(24,17-18-2-9-22(10-3-18)30(33,34)35)14-15-39(25)26(40)19-4-6-20(7-5-19)27(41)42/h2-3,9-12,16,19-20,25H,4-8,13-15,17H2,1H3,(H,41,42)/t19-,20-,25?,28?,29?. The maximum absolute atomic E-state index is 14.9. The molecule has 0 aromatic heterocycles. The van der Waals surface area contributed by atoms with Crippen molar-refractivity contribution in [1.82, 2.24) is 4.90 Å². The Labute approximate surface area is 238 Å². The number of carboxylic acid groups (broad SMARTS) is 1. The highest BCUT2D eigenvalue weighted by Gasteiger charge is 2.56. The topological polar surface area (TPSA) is 57.6 Å². The van der Waals surface area contributed by atoms with Gasteiger partial charge in [0.25, 0.3) is 0 Å². The lowest BCUT2D eigenvalue weighted by atomic mass is 9.63. The van der Waals surface area contributed by atoms with E-state index in [1.807, 2.05) is 0 Å². The van der Waals surface area contributed by atoms with Gasteiger partial charge in [-0.25, -0.2) is 4.39 Å². The van der Waals surface area contributed by atoms with Crippen LogP contribution in [0.4, 0.5) is 30.7 Å². The Morgan fingerprint density at radius 3 is 2.05 bits per heavy atom. The Kier molecular flexibility index (Phi) is 7.63. The van der Waals surface area contributed by atoms with Crippen LogP contribution in [0.5, 0.6) is 0 Å². The van der Waals surface area contributed by atoms with Gasteiger partial charge in [-0.2, -0.15) is 26.3 Å². The van der Waals surface area contributed by atoms with Crippen LogP contribution < -0.4 is 0 Å². The Morgan fingerprint density at radius 1 is 0.881 bits per heavy atom. The summed E-state index contributed by atoms with van der Waals surface area (Å²) in [6, 6.07) is 8.26. The number of carbonyl (C=O) groups excluding carboxylic acids is 1. The second kappa shape index (κ2) is 10.6. The minimum Gasteiger partial charge on any atom is -0.481 e. The molecule has 0 bridgehead atoms. The second-order valence-corrected chi connectivity index (χ2v) is 12.1. The Morgan fingerprint density at radius 2 is 1.48 bits per heavy atom. The van der Waals surface area contributed by atoms with E-state index in [2.05, 4.69) is 0 Å². The lowest BCUT2D eigenvalue weighted by Crippen LogP contribution is -2.51. The van der Waals surface area contributed by atoms with E-state index in [-0.39, 0.29) is 24.3 Å². The minimum absolute atomic E-state index is 0.0911. The first-order valence-corrected chi connectivity index (χ1v) is 14.1. The third-order valence-electron chi connectivity index (χ3n) is 9.73. The number of likely N-dealkylation sites (tertiary alicyclic amines) is 1. The molecule has 1 saturated heterocycles. The molecule has 2 fully saturated rings. The molecule has 1 N–H and O–H groups in total. The van der Waals surface area contributed by atoms with Gasteiger partial charge in [-0.05, 0) is 92.7 Å². The molecule has 3 aliphatic rings. The highest BCUT2D eigenvalue weighted by atomic mass is 19.4. The molecule has 2 aromatic carbocycles. The van der Waals surface area contributed by atoms with Crippen LogP contribution >= 0.6 is 0 Å². The van der Waals surface area contributed by atoms with Gasteiger partial charge in [0.05, 0.1) is 11.5 Å². The predicted octanol–water partition coefficient (Wildman–Crippen LogP) is 7.37. The second-order valence-electron chi connectivity index (χ2n) is 12.1. The summed E-state index contributed by atoms with van der Waals surface area (Å²) in [5, 5.41) is 9.33. The number of amides is 1. The van der Waals surface area contributed by atoms with Crippen molar-refractivity contribution >= 4 is 11.9 Å². The van der Waals surface area contributed by atoms with Crippen molar-refractivity contribution in [3.05, 3.63) is 70.3 Å². The van der Waals surface area contributed by atoms with E-state index in [4.69, 9.17) is 0 Å². The number of aliphatic carboxylic acids is 1. The maximum atomic E-state index is 14.9. The summed E-state index contributed by atoms with van der Waals surface area (Å²) in [5.41, 5.74) is -3.85. The zero-order chi connectivity index (χ0) is 30.7. The summed E-state index contributed by atoms with van der Waals surface area (Å²) < 4.78 is 95.0. The molecule has 11 heteroatoms. The molecule has 1 saturated carbocycles. The van der Waals surface area contributed by atoms with Gasteiger partial charge < -0.3 is 10.0 Å². The van der Waals surface area contributed by atoms with Crippen molar-refractivity contribution in [1.29, 1.82) is 0 Å². The van der Waals surface area contributed by atoms with E-state index in [0.717, 1.165) is 18.2 Å². The first-order valence-electron chi connectivity index (χ1n) is 14.1. The van der Waals surface area contributed by atoms with Crippen LogP contribution in [0.1, 0.15) is 73.3 Å². The van der Waals surface area contributed by atoms with Gasteiger partial charge in [-0.15, -0.1) is 0 Å². The molecular formula is C31H32F7NO3. The fourth-order valence-electron chi connectivity index (χ4n) is 7.28. The normalized spacial score (nSPS) is 27.6. The number of carboxylic acids is 1. The maximum Gasteiger partial charge on any atom is 0.426 e. The number of aryl methyl sites for hydroxylation is 1. The van der Waals surface area contributed by atoms with Crippen molar-refractivity contribution in [3.8, 4) is 0 Å². The van der Waals surface area contributed by atoms with Crippen LogP contribution in [0.25, 0.3) is 0 Å². The number of halogens is 7. The molecule has 2 aromatic rings. The fourth-order valence-corrected chi connectivity index (χ4v) is 7.28. The van der Waals surface area contributed by atoms with Crippen LogP contribution in [-0.2, 0) is 39.7 Å². The summed E-state index contributed by atoms with van der Waals surface area (Å²) in [7, 11) is 0. The highest BCUT2D eigenvalue weighted by molar-refractivity contribution is 5.80. The SMILES string of the molecule is CC(F)(c1ccc2c(c1)CCC1N(C(=O)[C@H]3CC[C@H](C(=O)O)CC3)CCC21Cc1ccc(C(F)(F)F)cc1)C(F)(F)F. The quantitative estimate of drug-likeness (QED) is 0.365. The molecule has 3 atom stereocenters. The van der Waals surface area contributed by atoms with E-state index < -0.39 is 46.5 Å². The van der Waals surface area contributed by atoms with Crippen LogP contribution in [0.15, 0.2) is 42.5 Å². The van der Waals surface area contributed by atoms with Crippen LogP contribution in [0.3, 0.4) is 0 Å². The minimum atomic E-state index is -5.12. The molecule has 3 unspecified atom stereocenters. The van der Waals surface area contributed by atoms with Gasteiger partial charge in [-0.3, -0.25) is 9.59 Å². The molecule has 228 valence electrons. The first kappa shape index (κ1) is 30.4. The van der Waals surface area contributed by atoms with E-state index >= 15 is 0 Å². The zero-order valence-electron chi connectivity index (χ0n) is 23.0. The van der Waals surface area contributed by atoms with E-state index in [9.17, 15) is 45.4 Å². The van der Waals surface area contributed by atoms with Crippen molar-refractivity contribution in [3.63, 3.8) is 0 Å². The lowest BCUT2D eigenvalue weighted by molar-refractivity contribution is -0.228. The van der Waals surface area contributed by atoms with E-state index in [1.165, 1.54) is 24.3 Å². The van der Waals surface area contributed by atoms with Crippen molar-refractivity contribution < 1.29 is 45.4 Å². The Balaban J connectivity index is 1.50. The van der Waals surface area contributed by atoms with E-state index in [1.54, 1.807) is 4.90 Å². The van der Waals surface area contributed by atoms with Crippen LogP contribution in [-0.4, -0.2) is 40.6 Å². The van der Waals surface area contributed by atoms with Crippen LogP contribution in [0.2, 0.25) is 0 Å². The van der Waals surface area contributed by atoms with Crippen molar-refractivity contribution in [2.24, 2.45) is 11.8 Å². The molecule has 0 radical (unpaired) electrons. The third-order valence-corrected chi connectivity index (χ3v) is 9.73. The molecule has 0 spiro atoms. The molecular weight excluding hydrogens is 567 g/mol. The molecule has 5 rings (SSSR count). The zero-order valence-corrected chi connectivity index (χ0v) is 23.0. The van der Waals surface area contributed by atoms with Gasteiger partial charge in [-0.1, -0.05) is 30.3 Å². The number of nitrogens with zero attached hydrogens (tertiary/aromatic N) is 1. The van der Waals surface area contributed by atoms with E-state index in [0.29, 0.717) is 75.1 Å². The number of fused-ring (bicyclic) bond motifs is 3. The molecule has 1 heterocycles. The molecule has 2 aliphatic carbocycles. The molecule has 42 heavy (non-hydrogen) atoms. The number of benzene rings is 2. The van der Waals surface area contributed by atoms with Gasteiger partial charge in [0.15, 0.2) is 0 Å². The third kappa shape index (κ3) is 5.28. The number of rotatable bonds is 5. The molecule has 4 nitrogen and oxygen atoms in total. The summed E-state index contributed by atoms with van der Waals surface area (Å²) >= 11 is 0. The monoisotopic (exact) mass is 599 g/mol. The number of hydrogen-bond donors (Lipinski definition) is 1. The summed E-state index contributed by atoms with van der Waals surface area (Å²) in [6.07, 6.45) is -6.55. The van der Waals surface area contributed by atoms with Gasteiger partial charge >= 0.3 is 18.3 Å². The summed E-state index contributed by atoms with van der Waals surface area (Å²) in [6.45, 7) is 0.834. The van der Waals surface area contributed by atoms with Crippen molar-refractivity contribution in [2.75, 3.05) is 6.54 Å². The smallest absolute Gasteiger partial charge is 0.426 e. The van der Waals surface area contributed by atoms with Gasteiger partial charge in [0, 0.05) is 23.9 Å². The summed E-state index contributed by atoms with van der Waals surface area (Å²) in [5.74, 6) is -1.80. The number of carbonyl (C=O) groups is 2. The number of alkyl halides is 7. The number of hydrogen-bond acceptors (Lipinski definition) is 2.